The fourth-order valence-electron chi connectivity index (χ4n) is 3.95. The predicted octanol–water partition coefficient (Wildman–Crippen LogP) is 1.74. The number of carbonyl (C=O) groups excluding carboxylic acids is 1. The number of imidazole rings is 1. The fraction of sp³-hybridized carbons (Fsp3) is 0.250. The highest BCUT2D eigenvalue weighted by molar-refractivity contribution is 7.90. The van der Waals surface area contributed by atoms with Gasteiger partial charge in [-0.2, -0.15) is 0 Å². The van der Waals surface area contributed by atoms with E-state index in [4.69, 9.17) is 10.5 Å². The number of primary amides is 1. The Bertz CT molecular complexity index is 1410. The zero-order chi connectivity index (χ0) is 21.8. The second-order valence-corrected chi connectivity index (χ2v) is 9.32. The highest BCUT2D eigenvalue weighted by atomic mass is 32.2. The van der Waals surface area contributed by atoms with Crippen molar-refractivity contribution in [2.24, 2.45) is 5.73 Å². The Hall–Kier alpha value is -3.60. The highest BCUT2D eigenvalue weighted by Crippen LogP contribution is 2.28. The van der Waals surface area contributed by atoms with Crippen LogP contribution in [0.2, 0.25) is 0 Å². The van der Waals surface area contributed by atoms with Crippen molar-refractivity contribution in [1.82, 2.24) is 18.6 Å². The number of amides is 1. The molecule has 0 bridgehead atoms. The third-order valence-electron chi connectivity index (χ3n) is 5.46. The van der Waals surface area contributed by atoms with Crippen molar-refractivity contribution in [1.29, 1.82) is 0 Å². The molecule has 1 saturated heterocycles. The van der Waals surface area contributed by atoms with E-state index < -0.39 is 16.1 Å². The lowest BCUT2D eigenvalue weighted by Gasteiger charge is -2.20. The van der Waals surface area contributed by atoms with Gasteiger partial charge in [0, 0.05) is 24.5 Å². The molecule has 1 amide bonds. The molecule has 5 rings (SSSR count). The Labute approximate surface area is 177 Å². The monoisotopic (exact) mass is 440 g/mol. The lowest BCUT2D eigenvalue weighted by molar-refractivity contribution is 0.117. The first-order chi connectivity index (χ1) is 14.8. The van der Waals surface area contributed by atoms with Crippen LogP contribution in [0.3, 0.4) is 0 Å². The van der Waals surface area contributed by atoms with E-state index in [0.29, 0.717) is 36.1 Å². The van der Waals surface area contributed by atoms with Crippen LogP contribution in [-0.2, 0) is 14.8 Å². The number of nitrogens with zero attached hydrogens (tertiary/aromatic N) is 5. The number of rotatable bonds is 4. The minimum absolute atomic E-state index is 0.192. The number of nitrogens with two attached hydrogens (primary N) is 1. The normalized spacial score (nSPS) is 16.9. The van der Waals surface area contributed by atoms with E-state index in [1.54, 1.807) is 42.9 Å². The zero-order valence-corrected chi connectivity index (χ0v) is 17.5. The van der Waals surface area contributed by atoms with Gasteiger partial charge in [-0.05, 0) is 25.1 Å². The molecule has 2 N–H and O–H groups in total. The van der Waals surface area contributed by atoms with E-state index in [0.717, 1.165) is 11.1 Å². The Balaban J connectivity index is 1.59. The molecular weight excluding hydrogens is 420 g/mol. The Morgan fingerprint density at radius 2 is 1.97 bits per heavy atom. The number of fused-ring (bicyclic) bond motifs is 3. The number of pyridine rings is 1. The maximum atomic E-state index is 13.2. The number of hydrogen-bond acceptors (Lipinski definition) is 7. The standard InChI is InChI=1S/C20H20N6O4S/c1-13-2-4-15(5-3-13)31(28,29)26-9-7-16-18-17(10-22-19(16)26)23-12-25(18)24-8-6-14(11-24)30-20(21)27/h2-5,7,9-10,12,14H,6,8,11H2,1H3,(H2,21,27)/t14-/m1/s1. The maximum Gasteiger partial charge on any atom is 0.404 e. The zero-order valence-electron chi connectivity index (χ0n) is 16.7. The molecule has 0 saturated carbocycles. The molecule has 3 aromatic heterocycles. The molecule has 4 heterocycles. The first-order valence-corrected chi connectivity index (χ1v) is 11.2. The molecule has 0 radical (unpaired) electrons. The van der Waals surface area contributed by atoms with Gasteiger partial charge in [0.05, 0.1) is 17.6 Å². The van der Waals surface area contributed by atoms with E-state index in [1.807, 2.05) is 16.6 Å². The van der Waals surface area contributed by atoms with E-state index in [-0.39, 0.29) is 11.0 Å². The summed E-state index contributed by atoms with van der Waals surface area (Å²) < 4.78 is 34.6. The van der Waals surface area contributed by atoms with E-state index in [1.165, 1.54) is 10.2 Å². The summed E-state index contributed by atoms with van der Waals surface area (Å²) in [6.45, 7) is 2.99. The van der Waals surface area contributed by atoms with Gasteiger partial charge in [-0.1, -0.05) is 17.7 Å². The Morgan fingerprint density at radius 1 is 1.19 bits per heavy atom. The van der Waals surface area contributed by atoms with Crippen LogP contribution < -0.4 is 10.7 Å². The van der Waals surface area contributed by atoms with Gasteiger partial charge >= 0.3 is 6.09 Å². The quantitative estimate of drug-likeness (QED) is 0.512. The summed E-state index contributed by atoms with van der Waals surface area (Å²) in [5, 5.41) is 2.64. The average Bonchev–Trinajstić information content (AvgIpc) is 3.44. The number of benzene rings is 1. The lowest BCUT2D eigenvalue weighted by atomic mass is 10.2. The third-order valence-corrected chi connectivity index (χ3v) is 7.14. The van der Waals surface area contributed by atoms with Crippen LogP contribution in [0.4, 0.5) is 4.79 Å². The number of aromatic nitrogens is 4. The molecule has 0 spiro atoms. The Kier molecular flexibility index (Phi) is 4.36. The number of aryl methyl sites for hydroxylation is 1. The van der Waals surface area contributed by atoms with E-state index in [9.17, 15) is 13.2 Å². The van der Waals surface area contributed by atoms with Gasteiger partial charge in [0.25, 0.3) is 10.0 Å². The van der Waals surface area contributed by atoms with Gasteiger partial charge in [-0.25, -0.2) is 31.8 Å². The number of carbonyl (C=O) groups is 1. The third kappa shape index (κ3) is 3.17. The average molecular weight is 440 g/mol. The van der Waals surface area contributed by atoms with E-state index >= 15 is 0 Å². The fourth-order valence-corrected chi connectivity index (χ4v) is 5.25. The van der Waals surface area contributed by atoms with Gasteiger partial charge in [-0.3, -0.25) is 0 Å². The summed E-state index contributed by atoms with van der Waals surface area (Å²) in [7, 11) is -3.81. The van der Waals surface area contributed by atoms with Gasteiger partial charge in [0.15, 0.2) is 5.65 Å². The van der Waals surface area contributed by atoms with Gasteiger partial charge in [0.2, 0.25) is 0 Å². The highest BCUT2D eigenvalue weighted by Gasteiger charge is 2.28. The van der Waals surface area contributed by atoms with Crippen LogP contribution in [0.25, 0.3) is 22.1 Å². The second-order valence-electron chi connectivity index (χ2n) is 7.51. The molecule has 4 aromatic rings. The molecule has 0 unspecified atom stereocenters. The van der Waals surface area contributed by atoms with Crippen molar-refractivity contribution >= 4 is 38.2 Å². The molecule has 1 aliphatic rings. The lowest BCUT2D eigenvalue weighted by Crippen LogP contribution is -2.34. The summed E-state index contributed by atoms with van der Waals surface area (Å²) in [4.78, 5) is 20.0. The molecule has 11 heteroatoms. The molecule has 0 aliphatic carbocycles. The molecule has 10 nitrogen and oxygen atoms in total. The van der Waals surface area contributed by atoms with Crippen molar-refractivity contribution in [3.63, 3.8) is 0 Å². The van der Waals surface area contributed by atoms with Gasteiger partial charge < -0.3 is 15.5 Å². The summed E-state index contributed by atoms with van der Waals surface area (Å²) in [6, 6.07) is 8.42. The molecule has 1 aromatic carbocycles. The molecule has 160 valence electrons. The first kappa shape index (κ1) is 19.4. The van der Waals surface area contributed by atoms with Crippen LogP contribution in [0, 0.1) is 6.92 Å². The molecular formula is C20H20N6O4S. The Morgan fingerprint density at radius 3 is 2.71 bits per heavy atom. The largest absolute Gasteiger partial charge is 0.444 e. The van der Waals surface area contributed by atoms with Crippen LogP contribution in [0.5, 0.6) is 0 Å². The minimum atomic E-state index is -3.81. The number of hydrogen-bond donors (Lipinski definition) is 1. The van der Waals surface area contributed by atoms with Gasteiger partial charge in [-0.15, -0.1) is 0 Å². The van der Waals surface area contributed by atoms with Crippen molar-refractivity contribution in [3.05, 3.63) is 54.6 Å². The van der Waals surface area contributed by atoms with E-state index in [2.05, 4.69) is 9.97 Å². The van der Waals surface area contributed by atoms with Crippen molar-refractivity contribution in [2.75, 3.05) is 18.1 Å². The second kappa shape index (κ2) is 6.98. The molecule has 1 fully saturated rings. The summed E-state index contributed by atoms with van der Waals surface area (Å²) in [5.41, 5.74) is 7.80. The summed E-state index contributed by atoms with van der Waals surface area (Å²) in [6.07, 6.45) is 4.25. The molecule has 31 heavy (non-hydrogen) atoms. The summed E-state index contributed by atoms with van der Waals surface area (Å²) in [5.74, 6) is 0. The van der Waals surface area contributed by atoms with Crippen LogP contribution in [0.1, 0.15) is 12.0 Å². The van der Waals surface area contributed by atoms with Crippen molar-refractivity contribution in [3.8, 4) is 0 Å². The molecule has 1 atom stereocenters. The molecule has 1 aliphatic heterocycles. The topological polar surface area (TPSA) is 125 Å². The smallest absolute Gasteiger partial charge is 0.404 e. The van der Waals surface area contributed by atoms with Crippen molar-refractivity contribution in [2.45, 2.75) is 24.3 Å². The SMILES string of the molecule is Cc1ccc(S(=O)(=O)n2ccc3c4c(cnc32)ncn4N2CC[C@@H](OC(N)=O)C2)cc1. The number of ether oxygens (including phenoxy) is 1. The van der Waals surface area contributed by atoms with Crippen LogP contribution in [0.15, 0.2) is 53.9 Å². The summed E-state index contributed by atoms with van der Waals surface area (Å²) >= 11 is 0. The van der Waals surface area contributed by atoms with Crippen molar-refractivity contribution < 1.29 is 17.9 Å². The van der Waals surface area contributed by atoms with Crippen LogP contribution in [-0.4, -0.2) is 52.3 Å². The van der Waals surface area contributed by atoms with Gasteiger partial charge in [0.1, 0.15) is 23.5 Å². The maximum absolute atomic E-state index is 13.2. The first-order valence-electron chi connectivity index (χ1n) is 9.71. The van der Waals surface area contributed by atoms with Crippen LogP contribution >= 0.6 is 0 Å². The minimum Gasteiger partial charge on any atom is -0.444 e. The predicted molar refractivity (Wildman–Crippen MR) is 114 cm³/mol.